The van der Waals surface area contributed by atoms with Gasteiger partial charge in [-0.15, -0.1) is 0 Å². The van der Waals surface area contributed by atoms with E-state index in [4.69, 9.17) is 5.73 Å². The first-order valence-electron chi connectivity index (χ1n) is 8.12. The van der Waals surface area contributed by atoms with Crippen molar-refractivity contribution in [3.8, 4) is 5.82 Å². The van der Waals surface area contributed by atoms with Gasteiger partial charge in [0.25, 0.3) is 5.91 Å². The third kappa shape index (κ3) is 3.92. The van der Waals surface area contributed by atoms with Crippen molar-refractivity contribution >= 4 is 5.91 Å². The van der Waals surface area contributed by atoms with Gasteiger partial charge >= 0.3 is 0 Å². The van der Waals surface area contributed by atoms with Crippen LogP contribution in [0.2, 0.25) is 0 Å². The van der Waals surface area contributed by atoms with Crippen LogP contribution in [-0.2, 0) is 13.1 Å². The van der Waals surface area contributed by atoms with Crippen LogP contribution in [0.25, 0.3) is 5.82 Å². The summed E-state index contributed by atoms with van der Waals surface area (Å²) in [6.07, 6.45) is 1.75. The van der Waals surface area contributed by atoms with E-state index in [1.807, 2.05) is 44.2 Å². The van der Waals surface area contributed by atoms with Gasteiger partial charge in [0.1, 0.15) is 0 Å². The molecule has 25 heavy (non-hydrogen) atoms. The second kappa shape index (κ2) is 7.27. The van der Waals surface area contributed by atoms with Crippen LogP contribution in [0.5, 0.6) is 0 Å². The summed E-state index contributed by atoms with van der Waals surface area (Å²) in [5.74, 6) is 0.643. The zero-order chi connectivity index (χ0) is 17.8. The number of nitrogens with two attached hydrogens (primary N) is 1. The quantitative estimate of drug-likeness (QED) is 0.749. The second-order valence-corrected chi connectivity index (χ2v) is 5.95. The van der Waals surface area contributed by atoms with E-state index in [2.05, 4.69) is 15.4 Å². The zero-order valence-corrected chi connectivity index (χ0v) is 14.4. The number of nitrogens with zero attached hydrogens (tertiary/aromatic N) is 3. The lowest BCUT2D eigenvalue weighted by Crippen LogP contribution is -2.22. The van der Waals surface area contributed by atoms with E-state index in [1.165, 1.54) is 0 Å². The highest BCUT2D eigenvalue weighted by molar-refractivity contribution is 5.94. The molecule has 0 saturated heterocycles. The van der Waals surface area contributed by atoms with Crippen molar-refractivity contribution < 1.29 is 4.79 Å². The van der Waals surface area contributed by atoms with Gasteiger partial charge in [0.05, 0.1) is 5.69 Å². The number of carbonyl (C=O) groups excluding carboxylic acids is 1. The van der Waals surface area contributed by atoms with Crippen LogP contribution in [-0.4, -0.2) is 20.7 Å². The molecule has 6 heteroatoms. The molecule has 3 N–H and O–H groups in total. The van der Waals surface area contributed by atoms with Gasteiger partial charge in [-0.3, -0.25) is 4.79 Å². The smallest absolute Gasteiger partial charge is 0.251 e. The predicted molar refractivity (Wildman–Crippen MR) is 96.3 cm³/mol. The van der Waals surface area contributed by atoms with Crippen LogP contribution in [0.3, 0.4) is 0 Å². The first-order valence-corrected chi connectivity index (χ1v) is 8.12. The molecular formula is C19H21N5O. The molecule has 0 radical (unpaired) electrons. The summed E-state index contributed by atoms with van der Waals surface area (Å²) in [6.45, 7) is 4.83. The molecule has 2 heterocycles. The number of hydrogen-bond acceptors (Lipinski definition) is 4. The number of pyridine rings is 1. The van der Waals surface area contributed by atoms with Crippen LogP contribution < -0.4 is 11.1 Å². The van der Waals surface area contributed by atoms with Gasteiger partial charge in [-0.2, -0.15) is 5.10 Å². The molecule has 128 valence electrons. The molecule has 0 aliphatic heterocycles. The number of amides is 1. The molecule has 0 atom stereocenters. The number of aromatic nitrogens is 3. The van der Waals surface area contributed by atoms with Crippen molar-refractivity contribution in [2.24, 2.45) is 5.73 Å². The van der Waals surface area contributed by atoms with E-state index in [0.29, 0.717) is 18.7 Å². The highest BCUT2D eigenvalue weighted by Crippen LogP contribution is 2.10. The molecule has 0 aliphatic carbocycles. The first-order chi connectivity index (χ1) is 12.1. The largest absolute Gasteiger partial charge is 0.348 e. The summed E-state index contributed by atoms with van der Waals surface area (Å²) in [4.78, 5) is 16.6. The van der Waals surface area contributed by atoms with Crippen LogP contribution in [0, 0.1) is 13.8 Å². The first kappa shape index (κ1) is 16.9. The summed E-state index contributed by atoms with van der Waals surface area (Å²) in [7, 11) is 0. The van der Waals surface area contributed by atoms with Crippen molar-refractivity contribution in [2.45, 2.75) is 26.9 Å². The Balaban J connectivity index is 1.63. The van der Waals surface area contributed by atoms with Gasteiger partial charge in [0.2, 0.25) is 0 Å². The lowest BCUT2D eigenvalue weighted by molar-refractivity contribution is 0.0951. The molecule has 0 spiro atoms. The highest BCUT2D eigenvalue weighted by atomic mass is 16.1. The number of carbonyl (C=O) groups is 1. The molecule has 3 aromatic rings. The van der Waals surface area contributed by atoms with Crippen molar-refractivity contribution in [2.75, 3.05) is 0 Å². The SMILES string of the molecule is Cc1cc(C)n(-c2ccc(CNC(=O)c3ccc(CN)cc3)cn2)n1. The van der Waals surface area contributed by atoms with E-state index in [9.17, 15) is 4.79 Å². The van der Waals surface area contributed by atoms with Crippen LogP contribution in [0.15, 0.2) is 48.7 Å². The fraction of sp³-hybridized carbons (Fsp3) is 0.211. The van der Waals surface area contributed by atoms with Crippen molar-refractivity contribution in [3.63, 3.8) is 0 Å². The molecule has 2 aromatic heterocycles. The lowest BCUT2D eigenvalue weighted by Gasteiger charge is -2.07. The number of rotatable bonds is 5. The molecule has 3 rings (SSSR count). The fourth-order valence-electron chi connectivity index (χ4n) is 2.58. The maximum absolute atomic E-state index is 12.2. The number of benzene rings is 1. The summed E-state index contributed by atoms with van der Waals surface area (Å²) in [5, 5.41) is 7.31. The molecule has 0 fully saturated rings. The van der Waals surface area contributed by atoms with E-state index < -0.39 is 0 Å². The molecule has 0 bridgehead atoms. The van der Waals surface area contributed by atoms with E-state index in [-0.39, 0.29) is 5.91 Å². The van der Waals surface area contributed by atoms with Crippen LogP contribution in [0.4, 0.5) is 0 Å². The Morgan fingerprint density at radius 1 is 1.12 bits per heavy atom. The maximum Gasteiger partial charge on any atom is 0.251 e. The van der Waals surface area contributed by atoms with Gasteiger partial charge < -0.3 is 11.1 Å². The van der Waals surface area contributed by atoms with Gasteiger partial charge in [0, 0.05) is 30.5 Å². The standard InChI is InChI=1S/C19H21N5O/c1-13-9-14(2)24(23-13)18-8-5-16(11-21-18)12-22-19(25)17-6-3-15(10-20)4-7-17/h3-9,11H,10,12,20H2,1-2H3,(H,22,25). The minimum atomic E-state index is -0.119. The van der Waals surface area contributed by atoms with Gasteiger partial charge in [-0.25, -0.2) is 9.67 Å². The third-order valence-corrected chi connectivity index (χ3v) is 3.94. The van der Waals surface area contributed by atoms with Crippen molar-refractivity contribution in [3.05, 3.63) is 76.7 Å². The summed E-state index contributed by atoms with van der Waals surface area (Å²) < 4.78 is 1.80. The molecule has 0 aliphatic rings. The van der Waals surface area contributed by atoms with Gasteiger partial charge in [-0.05, 0) is 49.2 Å². The Morgan fingerprint density at radius 3 is 2.40 bits per heavy atom. The minimum Gasteiger partial charge on any atom is -0.348 e. The van der Waals surface area contributed by atoms with Crippen LogP contribution >= 0.6 is 0 Å². The molecule has 0 unspecified atom stereocenters. The lowest BCUT2D eigenvalue weighted by atomic mass is 10.1. The van der Waals surface area contributed by atoms with Crippen LogP contribution in [0.1, 0.15) is 32.9 Å². The van der Waals surface area contributed by atoms with E-state index in [0.717, 1.165) is 28.3 Å². The third-order valence-electron chi connectivity index (χ3n) is 3.94. The average Bonchev–Trinajstić information content (AvgIpc) is 2.98. The average molecular weight is 335 g/mol. The van der Waals surface area contributed by atoms with Crippen molar-refractivity contribution in [1.82, 2.24) is 20.1 Å². The summed E-state index contributed by atoms with van der Waals surface area (Å²) >= 11 is 0. The molecular weight excluding hydrogens is 314 g/mol. The summed E-state index contributed by atoms with van der Waals surface area (Å²) in [5.41, 5.74) is 10.1. The monoisotopic (exact) mass is 335 g/mol. The van der Waals surface area contributed by atoms with Crippen molar-refractivity contribution in [1.29, 1.82) is 0 Å². The highest BCUT2D eigenvalue weighted by Gasteiger charge is 2.07. The number of hydrogen-bond donors (Lipinski definition) is 2. The second-order valence-electron chi connectivity index (χ2n) is 5.95. The Labute approximate surface area is 146 Å². The molecule has 1 amide bonds. The molecule has 6 nitrogen and oxygen atoms in total. The Morgan fingerprint density at radius 2 is 1.84 bits per heavy atom. The maximum atomic E-state index is 12.2. The number of aryl methyl sites for hydroxylation is 2. The molecule has 0 saturated carbocycles. The predicted octanol–water partition coefficient (Wildman–Crippen LogP) is 2.27. The van der Waals surface area contributed by atoms with E-state index in [1.54, 1.807) is 23.0 Å². The number of nitrogens with one attached hydrogen (secondary N) is 1. The fourth-order valence-corrected chi connectivity index (χ4v) is 2.58. The molecule has 1 aromatic carbocycles. The van der Waals surface area contributed by atoms with E-state index >= 15 is 0 Å². The summed E-state index contributed by atoms with van der Waals surface area (Å²) in [6, 6.07) is 13.1. The van der Waals surface area contributed by atoms with Gasteiger partial charge in [-0.1, -0.05) is 18.2 Å². The minimum absolute atomic E-state index is 0.119. The zero-order valence-electron chi connectivity index (χ0n) is 14.4. The van der Waals surface area contributed by atoms with Gasteiger partial charge in [0.15, 0.2) is 5.82 Å². The Kier molecular flexibility index (Phi) is 4.90. The Bertz CT molecular complexity index is 866. The normalized spacial score (nSPS) is 10.7. The Hall–Kier alpha value is -2.99. The topological polar surface area (TPSA) is 85.8 Å².